The van der Waals surface area contributed by atoms with Gasteiger partial charge in [-0.2, -0.15) is 4.98 Å². The van der Waals surface area contributed by atoms with Crippen LogP contribution < -0.4 is 10.6 Å². The molecule has 6 heteroatoms. The number of benzene rings is 1. The Balaban J connectivity index is 1.74. The predicted molar refractivity (Wildman–Crippen MR) is 97.8 cm³/mol. The molecule has 0 aliphatic carbocycles. The zero-order valence-electron chi connectivity index (χ0n) is 13.5. The molecule has 2 aromatic heterocycles. The summed E-state index contributed by atoms with van der Waals surface area (Å²) in [5.74, 6) is 1.24. The van der Waals surface area contributed by atoms with E-state index in [4.69, 9.17) is 11.6 Å². The second-order valence-electron chi connectivity index (χ2n) is 5.54. The van der Waals surface area contributed by atoms with Gasteiger partial charge in [-0.1, -0.05) is 17.7 Å². The molecular formula is C18H18ClN5. The van der Waals surface area contributed by atoms with E-state index in [0.29, 0.717) is 23.3 Å². The number of aryl methyl sites for hydroxylation is 2. The Labute approximate surface area is 146 Å². The Morgan fingerprint density at radius 3 is 2.58 bits per heavy atom. The Bertz CT molecular complexity index is 813. The van der Waals surface area contributed by atoms with Crippen LogP contribution in [0.2, 0.25) is 5.02 Å². The number of hydrogen-bond acceptors (Lipinski definition) is 5. The van der Waals surface area contributed by atoms with Gasteiger partial charge in [0.05, 0.1) is 10.7 Å². The first-order chi connectivity index (χ1) is 11.6. The molecule has 3 aromatic rings. The summed E-state index contributed by atoms with van der Waals surface area (Å²) < 4.78 is 0. The highest BCUT2D eigenvalue weighted by molar-refractivity contribution is 6.33. The summed E-state index contributed by atoms with van der Waals surface area (Å²) in [6.45, 7) is 4.68. The summed E-state index contributed by atoms with van der Waals surface area (Å²) in [5.41, 5.74) is 4.18. The van der Waals surface area contributed by atoms with E-state index in [-0.39, 0.29) is 0 Å². The van der Waals surface area contributed by atoms with E-state index in [0.717, 1.165) is 22.4 Å². The molecule has 1 aromatic carbocycles. The van der Waals surface area contributed by atoms with E-state index in [1.165, 1.54) is 0 Å². The van der Waals surface area contributed by atoms with Gasteiger partial charge in [0.25, 0.3) is 0 Å². The van der Waals surface area contributed by atoms with Crippen LogP contribution in [0.25, 0.3) is 0 Å². The van der Waals surface area contributed by atoms with Gasteiger partial charge in [-0.05, 0) is 54.8 Å². The molecule has 2 N–H and O–H groups in total. The van der Waals surface area contributed by atoms with Crippen LogP contribution >= 0.6 is 11.6 Å². The molecule has 0 atom stereocenters. The van der Waals surface area contributed by atoms with E-state index < -0.39 is 0 Å². The molecule has 0 aliphatic rings. The van der Waals surface area contributed by atoms with Crippen LogP contribution in [0.1, 0.15) is 16.7 Å². The van der Waals surface area contributed by atoms with Crippen molar-refractivity contribution in [3.05, 3.63) is 70.6 Å². The number of pyridine rings is 1. The lowest BCUT2D eigenvalue weighted by molar-refractivity contribution is 1.05. The monoisotopic (exact) mass is 339 g/mol. The van der Waals surface area contributed by atoms with E-state index in [9.17, 15) is 0 Å². The molecule has 0 bridgehead atoms. The van der Waals surface area contributed by atoms with Crippen LogP contribution in [-0.4, -0.2) is 15.0 Å². The lowest BCUT2D eigenvalue weighted by Crippen LogP contribution is -2.05. The Morgan fingerprint density at radius 1 is 1.04 bits per heavy atom. The van der Waals surface area contributed by atoms with Crippen molar-refractivity contribution < 1.29 is 0 Å². The number of halogens is 1. The van der Waals surface area contributed by atoms with Gasteiger partial charge in [0.2, 0.25) is 5.95 Å². The second-order valence-corrected chi connectivity index (χ2v) is 5.95. The number of rotatable bonds is 5. The molecule has 122 valence electrons. The molecule has 0 saturated heterocycles. The summed E-state index contributed by atoms with van der Waals surface area (Å²) in [5, 5.41) is 7.15. The lowest BCUT2D eigenvalue weighted by atomic mass is 10.1. The van der Waals surface area contributed by atoms with Crippen LogP contribution in [-0.2, 0) is 6.54 Å². The van der Waals surface area contributed by atoms with Gasteiger partial charge < -0.3 is 10.6 Å². The van der Waals surface area contributed by atoms with Crippen molar-refractivity contribution in [2.24, 2.45) is 0 Å². The molecule has 3 rings (SSSR count). The van der Waals surface area contributed by atoms with E-state index in [1.807, 2.05) is 38.1 Å². The van der Waals surface area contributed by atoms with Gasteiger partial charge >= 0.3 is 0 Å². The fourth-order valence-electron chi connectivity index (χ4n) is 2.40. The summed E-state index contributed by atoms with van der Waals surface area (Å²) in [7, 11) is 0. The number of aromatic nitrogens is 3. The Kier molecular flexibility index (Phi) is 4.91. The highest BCUT2D eigenvalue weighted by atomic mass is 35.5. The average molecular weight is 340 g/mol. The second kappa shape index (κ2) is 7.27. The molecule has 0 radical (unpaired) electrons. The van der Waals surface area contributed by atoms with E-state index >= 15 is 0 Å². The highest BCUT2D eigenvalue weighted by Crippen LogP contribution is 2.29. The van der Waals surface area contributed by atoms with Gasteiger partial charge in [0.15, 0.2) is 0 Å². The van der Waals surface area contributed by atoms with Gasteiger partial charge in [-0.15, -0.1) is 0 Å². The normalized spacial score (nSPS) is 10.5. The first-order valence-electron chi connectivity index (χ1n) is 7.61. The molecule has 0 fully saturated rings. The van der Waals surface area contributed by atoms with Gasteiger partial charge in [-0.3, -0.25) is 4.98 Å². The number of nitrogens with one attached hydrogen (secondary N) is 2. The van der Waals surface area contributed by atoms with Crippen LogP contribution in [0.15, 0.2) is 48.9 Å². The Hall–Kier alpha value is -2.66. The van der Waals surface area contributed by atoms with Crippen molar-refractivity contribution >= 4 is 29.1 Å². The van der Waals surface area contributed by atoms with Gasteiger partial charge in [-0.25, -0.2) is 4.98 Å². The third-order valence-electron chi connectivity index (χ3n) is 3.54. The first kappa shape index (κ1) is 16.2. The molecule has 5 nitrogen and oxygen atoms in total. The maximum absolute atomic E-state index is 6.34. The van der Waals surface area contributed by atoms with Crippen LogP contribution in [0, 0.1) is 13.8 Å². The average Bonchev–Trinajstić information content (AvgIpc) is 2.58. The molecule has 0 spiro atoms. The Morgan fingerprint density at radius 2 is 1.83 bits per heavy atom. The number of nitrogens with zero attached hydrogens (tertiary/aromatic N) is 3. The maximum Gasteiger partial charge on any atom is 0.224 e. The van der Waals surface area contributed by atoms with Crippen molar-refractivity contribution in [2.75, 3.05) is 10.6 Å². The largest absolute Gasteiger partial charge is 0.350 e. The lowest BCUT2D eigenvalue weighted by Gasteiger charge is -2.13. The predicted octanol–water partition coefficient (Wildman–Crippen LogP) is 4.50. The molecule has 0 saturated carbocycles. The summed E-state index contributed by atoms with van der Waals surface area (Å²) in [6, 6.07) is 9.72. The standard InChI is InChI=1S/C18H18ClN5/c1-12-9-13(2)17(15(19)10-12)23-16-5-8-21-18(24-16)22-11-14-3-6-20-7-4-14/h3-10H,11H2,1-2H3,(H2,21,22,23,24). The van der Waals surface area contributed by atoms with Crippen molar-refractivity contribution in [1.29, 1.82) is 0 Å². The molecule has 2 heterocycles. The minimum atomic E-state index is 0.553. The number of anilines is 3. The summed E-state index contributed by atoms with van der Waals surface area (Å²) in [6.07, 6.45) is 5.23. The smallest absolute Gasteiger partial charge is 0.224 e. The van der Waals surface area contributed by atoms with E-state index in [2.05, 4.69) is 31.7 Å². The van der Waals surface area contributed by atoms with Crippen molar-refractivity contribution in [2.45, 2.75) is 20.4 Å². The zero-order chi connectivity index (χ0) is 16.9. The SMILES string of the molecule is Cc1cc(C)c(Nc2ccnc(NCc3ccncc3)n2)c(Cl)c1. The summed E-state index contributed by atoms with van der Waals surface area (Å²) >= 11 is 6.34. The molecule has 0 aliphatic heterocycles. The number of hydrogen-bond donors (Lipinski definition) is 2. The fraction of sp³-hybridized carbons (Fsp3) is 0.167. The van der Waals surface area contributed by atoms with Gasteiger partial charge in [0, 0.05) is 25.1 Å². The molecule has 0 amide bonds. The zero-order valence-corrected chi connectivity index (χ0v) is 14.3. The van der Waals surface area contributed by atoms with Crippen molar-refractivity contribution in [1.82, 2.24) is 15.0 Å². The third kappa shape index (κ3) is 4.00. The van der Waals surface area contributed by atoms with Crippen molar-refractivity contribution in [3.63, 3.8) is 0 Å². The first-order valence-corrected chi connectivity index (χ1v) is 7.99. The molecule has 0 unspecified atom stereocenters. The van der Waals surface area contributed by atoms with Crippen molar-refractivity contribution in [3.8, 4) is 0 Å². The van der Waals surface area contributed by atoms with Crippen LogP contribution in [0.4, 0.5) is 17.5 Å². The van der Waals surface area contributed by atoms with Crippen LogP contribution in [0.5, 0.6) is 0 Å². The van der Waals surface area contributed by atoms with E-state index in [1.54, 1.807) is 18.6 Å². The highest BCUT2D eigenvalue weighted by Gasteiger charge is 2.07. The fourth-order valence-corrected chi connectivity index (χ4v) is 2.77. The van der Waals surface area contributed by atoms with Crippen LogP contribution in [0.3, 0.4) is 0 Å². The summed E-state index contributed by atoms with van der Waals surface area (Å²) in [4.78, 5) is 12.7. The third-order valence-corrected chi connectivity index (χ3v) is 3.84. The van der Waals surface area contributed by atoms with Gasteiger partial charge in [0.1, 0.15) is 5.82 Å². The molecule has 24 heavy (non-hydrogen) atoms. The molecular weight excluding hydrogens is 322 g/mol. The topological polar surface area (TPSA) is 62.7 Å². The quantitative estimate of drug-likeness (QED) is 0.716. The minimum Gasteiger partial charge on any atom is -0.350 e. The maximum atomic E-state index is 6.34. The minimum absolute atomic E-state index is 0.553.